The van der Waals surface area contributed by atoms with E-state index >= 15 is 0 Å². The molecule has 0 bridgehead atoms. The Morgan fingerprint density at radius 3 is 1.83 bits per heavy atom. The minimum atomic E-state index is 0.155. The third-order valence-corrected chi connectivity index (χ3v) is 4.86. The molecule has 0 fully saturated rings. The van der Waals surface area contributed by atoms with E-state index in [2.05, 4.69) is 81.8 Å². The Hall–Kier alpha value is -3.14. The lowest BCUT2D eigenvalue weighted by atomic mass is 9.86. The predicted octanol–water partition coefficient (Wildman–Crippen LogP) is 7.28. The maximum absolute atomic E-state index is 5.28. The standard InChI is InChI=1S/2C13H15NO/c1-13(2,3)11-6-4-5-10(7-11)12-8-15-9-14-12;1-13(2,3)11-6-4-5-10(9-11)12-14-7-8-15-12/h2*4-9H,1-3H3. The lowest BCUT2D eigenvalue weighted by Crippen LogP contribution is -2.10. The Bertz CT molecular complexity index is 963. The zero-order valence-electron chi connectivity index (χ0n) is 18.6. The van der Waals surface area contributed by atoms with Crippen molar-refractivity contribution in [2.45, 2.75) is 52.4 Å². The molecule has 0 N–H and O–H groups in total. The molecule has 4 heteroatoms. The lowest BCUT2D eigenvalue weighted by molar-refractivity contribution is 0.558. The SMILES string of the molecule is CC(C)(C)c1cccc(-c2cocn2)c1.CC(C)(C)c1cccc(-c2ncco2)c1. The van der Waals surface area contributed by atoms with Crippen molar-refractivity contribution in [3.8, 4) is 22.7 Å². The smallest absolute Gasteiger partial charge is 0.225 e. The first-order valence-electron chi connectivity index (χ1n) is 10.1. The van der Waals surface area contributed by atoms with Gasteiger partial charge in [0.25, 0.3) is 0 Å². The molecule has 0 aliphatic rings. The molecule has 4 rings (SSSR count). The molecule has 0 unspecified atom stereocenters. The summed E-state index contributed by atoms with van der Waals surface area (Å²) in [5, 5.41) is 0. The molecule has 0 saturated carbocycles. The molecular weight excluding hydrogens is 372 g/mol. The van der Waals surface area contributed by atoms with Crippen LogP contribution in [0.15, 0.2) is 82.5 Å². The lowest BCUT2D eigenvalue weighted by Gasteiger charge is -2.19. The number of rotatable bonds is 2. The van der Waals surface area contributed by atoms with Crippen molar-refractivity contribution in [1.29, 1.82) is 0 Å². The van der Waals surface area contributed by atoms with Gasteiger partial charge < -0.3 is 8.83 Å². The molecule has 0 amide bonds. The van der Waals surface area contributed by atoms with Crippen LogP contribution in [0.25, 0.3) is 22.7 Å². The Balaban J connectivity index is 0.000000171. The summed E-state index contributed by atoms with van der Waals surface area (Å²) in [5.41, 5.74) is 5.95. The first kappa shape index (κ1) is 21.6. The van der Waals surface area contributed by atoms with E-state index in [-0.39, 0.29) is 10.8 Å². The monoisotopic (exact) mass is 402 g/mol. The van der Waals surface area contributed by atoms with E-state index in [0.29, 0.717) is 5.89 Å². The quantitative estimate of drug-likeness (QED) is 0.353. The predicted molar refractivity (Wildman–Crippen MR) is 121 cm³/mol. The van der Waals surface area contributed by atoms with Crippen LogP contribution < -0.4 is 0 Å². The third kappa shape index (κ3) is 5.47. The Morgan fingerprint density at radius 1 is 0.733 bits per heavy atom. The van der Waals surface area contributed by atoms with Gasteiger partial charge in [-0.1, -0.05) is 71.9 Å². The first-order valence-corrected chi connectivity index (χ1v) is 10.1. The fraction of sp³-hybridized carbons (Fsp3) is 0.308. The summed E-state index contributed by atoms with van der Waals surface area (Å²) in [5.74, 6) is 0.682. The van der Waals surface area contributed by atoms with Gasteiger partial charge in [0.2, 0.25) is 5.89 Å². The summed E-state index contributed by atoms with van der Waals surface area (Å²) >= 11 is 0. The van der Waals surface area contributed by atoms with E-state index < -0.39 is 0 Å². The van der Waals surface area contributed by atoms with Crippen LogP contribution in [-0.4, -0.2) is 9.97 Å². The largest absolute Gasteiger partial charge is 0.451 e. The van der Waals surface area contributed by atoms with Gasteiger partial charge in [0.1, 0.15) is 18.2 Å². The molecule has 30 heavy (non-hydrogen) atoms. The molecule has 0 atom stereocenters. The number of oxazole rings is 2. The number of hydrogen-bond acceptors (Lipinski definition) is 4. The molecule has 0 aliphatic carbocycles. The van der Waals surface area contributed by atoms with Crippen molar-refractivity contribution in [3.05, 3.63) is 84.8 Å². The van der Waals surface area contributed by atoms with Crippen LogP contribution in [0.2, 0.25) is 0 Å². The molecule has 0 saturated heterocycles. The van der Waals surface area contributed by atoms with Gasteiger partial charge >= 0.3 is 0 Å². The Morgan fingerprint density at radius 2 is 1.33 bits per heavy atom. The summed E-state index contributed by atoms with van der Waals surface area (Å²) in [4.78, 5) is 8.29. The van der Waals surface area contributed by atoms with Gasteiger partial charge in [-0.05, 0) is 40.2 Å². The number of nitrogens with zero attached hydrogens (tertiary/aromatic N) is 2. The Labute approximate surface area is 179 Å². The third-order valence-electron chi connectivity index (χ3n) is 4.86. The molecule has 0 radical (unpaired) electrons. The van der Waals surface area contributed by atoms with Crippen LogP contribution in [0.3, 0.4) is 0 Å². The van der Waals surface area contributed by atoms with Gasteiger partial charge in [0.15, 0.2) is 6.39 Å². The molecule has 2 aromatic carbocycles. The van der Waals surface area contributed by atoms with Crippen LogP contribution in [0.4, 0.5) is 0 Å². The fourth-order valence-electron chi connectivity index (χ4n) is 2.98. The van der Waals surface area contributed by atoms with Crippen molar-refractivity contribution in [3.63, 3.8) is 0 Å². The van der Waals surface area contributed by atoms with Gasteiger partial charge in [0.05, 0.1) is 6.20 Å². The first-order chi connectivity index (χ1) is 14.1. The fourth-order valence-corrected chi connectivity index (χ4v) is 2.98. The summed E-state index contributed by atoms with van der Waals surface area (Å²) in [6.45, 7) is 13.2. The van der Waals surface area contributed by atoms with Crippen molar-refractivity contribution in [2.75, 3.05) is 0 Å². The average Bonchev–Trinajstić information content (AvgIpc) is 3.42. The average molecular weight is 403 g/mol. The summed E-state index contributed by atoms with van der Waals surface area (Å²) in [7, 11) is 0. The highest BCUT2D eigenvalue weighted by Gasteiger charge is 2.15. The molecule has 2 heterocycles. The minimum Gasteiger partial charge on any atom is -0.451 e. The second-order valence-electron chi connectivity index (χ2n) is 9.37. The van der Waals surface area contributed by atoms with Crippen molar-refractivity contribution in [1.82, 2.24) is 9.97 Å². The van der Waals surface area contributed by atoms with Crippen LogP contribution in [-0.2, 0) is 10.8 Å². The van der Waals surface area contributed by atoms with Gasteiger partial charge in [-0.15, -0.1) is 0 Å². The number of benzene rings is 2. The van der Waals surface area contributed by atoms with E-state index in [9.17, 15) is 0 Å². The molecule has 0 spiro atoms. The summed E-state index contributed by atoms with van der Waals surface area (Å²) in [6, 6.07) is 16.7. The molecule has 156 valence electrons. The zero-order valence-corrected chi connectivity index (χ0v) is 18.6. The minimum absolute atomic E-state index is 0.155. The van der Waals surface area contributed by atoms with Crippen LogP contribution in [0, 0.1) is 0 Å². The van der Waals surface area contributed by atoms with Gasteiger partial charge in [-0.2, -0.15) is 0 Å². The summed E-state index contributed by atoms with van der Waals surface area (Å²) in [6.07, 6.45) is 6.39. The Kier molecular flexibility index (Phi) is 6.25. The second-order valence-corrected chi connectivity index (χ2v) is 9.37. The normalized spacial score (nSPS) is 11.7. The highest BCUT2D eigenvalue weighted by Crippen LogP contribution is 2.27. The maximum atomic E-state index is 5.28. The highest BCUT2D eigenvalue weighted by molar-refractivity contribution is 5.59. The van der Waals surface area contributed by atoms with Crippen molar-refractivity contribution in [2.24, 2.45) is 0 Å². The van der Waals surface area contributed by atoms with E-state index in [4.69, 9.17) is 8.83 Å². The number of hydrogen-bond donors (Lipinski definition) is 0. The molecule has 2 aromatic heterocycles. The van der Waals surface area contributed by atoms with Gasteiger partial charge in [-0.3, -0.25) is 0 Å². The van der Waals surface area contributed by atoms with Crippen LogP contribution in [0.5, 0.6) is 0 Å². The van der Waals surface area contributed by atoms with Crippen LogP contribution >= 0.6 is 0 Å². The van der Waals surface area contributed by atoms with Gasteiger partial charge in [0, 0.05) is 11.1 Å². The van der Waals surface area contributed by atoms with Crippen LogP contribution in [0.1, 0.15) is 52.7 Å². The van der Waals surface area contributed by atoms with E-state index in [0.717, 1.165) is 16.8 Å². The molecular formula is C26H30N2O2. The van der Waals surface area contributed by atoms with Crippen molar-refractivity contribution >= 4 is 0 Å². The van der Waals surface area contributed by atoms with Crippen molar-refractivity contribution < 1.29 is 8.83 Å². The number of aromatic nitrogens is 2. The molecule has 4 nitrogen and oxygen atoms in total. The molecule has 0 aliphatic heterocycles. The maximum Gasteiger partial charge on any atom is 0.225 e. The van der Waals surface area contributed by atoms with E-state index in [1.807, 2.05) is 18.2 Å². The second kappa shape index (κ2) is 8.70. The topological polar surface area (TPSA) is 52.1 Å². The highest BCUT2D eigenvalue weighted by atomic mass is 16.3. The van der Waals surface area contributed by atoms with Gasteiger partial charge in [-0.25, -0.2) is 9.97 Å². The molecule has 4 aromatic rings. The summed E-state index contributed by atoms with van der Waals surface area (Å²) < 4.78 is 10.3. The van der Waals surface area contributed by atoms with E-state index in [1.165, 1.54) is 17.5 Å². The van der Waals surface area contributed by atoms with E-state index in [1.54, 1.807) is 18.7 Å². The zero-order chi connectivity index (χ0) is 21.8.